The number of aliphatic hydroxyl groups excluding tert-OH is 1. The van der Waals surface area contributed by atoms with Crippen molar-refractivity contribution in [2.75, 3.05) is 18.5 Å². The van der Waals surface area contributed by atoms with Gasteiger partial charge in [-0.15, -0.1) is 0 Å². The fourth-order valence-corrected chi connectivity index (χ4v) is 2.93. The highest BCUT2D eigenvalue weighted by Crippen LogP contribution is 2.38. The quantitative estimate of drug-likeness (QED) is 0.744. The molecular formula is C16H24N2O2. The molecule has 1 aliphatic rings. The Morgan fingerprint density at radius 1 is 1.35 bits per heavy atom. The van der Waals surface area contributed by atoms with Crippen LogP contribution in [-0.4, -0.2) is 24.2 Å². The highest BCUT2D eigenvalue weighted by Gasteiger charge is 2.39. The van der Waals surface area contributed by atoms with Crippen LogP contribution in [0.15, 0.2) is 24.3 Å². The number of rotatable bonds is 6. The second-order valence-electron chi connectivity index (χ2n) is 5.67. The van der Waals surface area contributed by atoms with Gasteiger partial charge in [0.05, 0.1) is 5.41 Å². The number of anilines is 1. The van der Waals surface area contributed by atoms with Crippen molar-refractivity contribution in [1.29, 1.82) is 0 Å². The smallest absolute Gasteiger partial charge is 0.231 e. The van der Waals surface area contributed by atoms with Gasteiger partial charge in [-0.25, -0.2) is 0 Å². The van der Waals surface area contributed by atoms with E-state index in [4.69, 9.17) is 10.8 Å². The summed E-state index contributed by atoms with van der Waals surface area (Å²) in [5.74, 6) is 0.0526. The fourth-order valence-electron chi connectivity index (χ4n) is 2.93. The molecule has 1 fully saturated rings. The molecule has 0 atom stereocenters. The Hall–Kier alpha value is -1.39. The van der Waals surface area contributed by atoms with Crippen LogP contribution in [0.5, 0.6) is 0 Å². The molecule has 4 N–H and O–H groups in total. The van der Waals surface area contributed by atoms with Crippen molar-refractivity contribution in [2.45, 2.75) is 38.5 Å². The molecule has 0 spiro atoms. The molecular weight excluding hydrogens is 252 g/mol. The first-order chi connectivity index (χ1) is 9.70. The Kier molecular flexibility index (Phi) is 5.15. The van der Waals surface area contributed by atoms with Gasteiger partial charge >= 0.3 is 0 Å². The van der Waals surface area contributed by atoms with E-state index < -0.39 is 0 Å². The molecule has 1 aromatic rings. The number of nitrogens with two attached hydrogens (primary N) is 1. The second kappa shape index (κ2) is 6.86. The van der Waals surface area contributed by atoms with Gasteiger partial charge in [0.2, 0.25) is 5.91 Å². The van der Waals surface area contributed by atoms with Crippen molar-refractivity contribution in [1.82, 2.24) is 0 Å². The highest BCUT2D eigenvalue weighted by molar-refractivity contribution is 5.95. The molecule has 4 nitrogen and oxygen atoms in total. The van der Waals surface area contributed by atoms with Crippen LogP contribution in [0.1, 0.15) is 37.7 Å². The SMILES string of the molecule is NCC1(C(=O)Nc2cccc(CCCO)c2)CCCC1. The van der Waals surface area contributed by atoms with Crippen molar-refractivity contribution in [3.63, 3.8) is 0 Å². The first-order valence-corrected chi connectivity index (χ1v) is 7.41. The third kappa shape index (κ3) is 3.38. The molecule has 0 unspecified atom stereocenters. The number of hydrogen-bond donors (Lipinski definition) is 3. The lowest BCUT2D eigenvalue weighted by molar-refractivity contribution is -0.124. The van der Waals surface area contributed by atoms with E-state index in [2.05, 4.69) is 5.32 Å². The molecule has 1 aromatic carbocycles. The summed E-state index contributed by atoms with van der Waals surface area (Å²) in [5.41, 5.74) is 7.41. The van der Waals surface area contributed by atoms with Gasteiger partial charge in [0, 0.05) is 18.8 Å². The first kappa shape index (κ1) is 15.0. The third-order valence-electron chi connectivity index (χ3n) is 4.24. The Balaban J connectivity index is 2.03. The number of hydrogen-bond acceptors (Lipinski definition) is 3. The Bertz CT molecular complexity index is 454. The summed E-state index contributed by atoms with van der Waals surface area (Å²) in [6.07, 6.45) is 5.51. The van der Waals surface area contributed by atoms with E-state index in [0.717, 1.165) is 49.8 Å². The van der Waals surface area contributed by atoms with E-state index in [9.17, 15) is 4.79 Å². The molecule has 2 rings (SSSR count). The van der Waals surface area contributed by atoms with Crippen molar-refractivity contribution >= 4 is 11.6 Å². The molecule has 1 amide bonds. The summed E-state index contributed by atoms with van der Waals surface area (Å²) < 4.78 is 0. The summed E-state index contributed by atoms with van der Waals surface area (Å²) >= 11 is 0. The number of carbonyl (C=O) groups is 1. The molecule has 0 aromatic heterocycles. The van der Waals surface area contributed by atoms with Gasteiger partial charge in [-0.2, -0.15) is 0 Å². The van der Waals surface area contributed by atoms with E-state index in [-0.39, 0.29) is 17.9 Å². The summed E-state index contributed by atoms with van der Waals surface area (Å²) in [6.45, 7) is 0.607. The Morgan fingerprint density at radius 2 is 2.10 bits per heavy atom. The minimum absolute atomic E-state index is 0.0526. The van der Waals surface area contributed by atoms with Gasteiger partial charge in [-0.1, -0.05) is 25.0 Å². The van der Waals surface area contributed by atoms with Crippen molar-refractivity contribution in [3.8, 4) is 0 Å². The maximum absolute atomic E-state index is 12.5. The lowest BCUT2D eigenvalue weighted by atomic mass is 9.85. The maximum atomic E-state index is 12.5. The zero-order chi connectivity index (χ0) is 14.4. The van der Waals surface area contributed by atoms with E-state index in [1.807, 2.05) is 24.3 Å². The standard InChI is InChI=1S/C16H24N2O2/c17-12-16(8-1-2-9-16)15(20)18-14-7-3-5-13(11-14)6-4-10-19/h3,5,7,11,19H,1-2,4,6,8-10,12,17H2,(H,18,20). The Morgan fingerprint density at radius 3 is 2.75 bits per heavy atom. The topological polar surface area (TPSA) is 75.4 Å². The number of nitrogens with one attached hydrogen (secondary N) is 1. The van der Waals surface area contributed by atoms with Crippen LogP contribution >= 0.6 is 0 Å². The maximum Gasteiger partial charge on any atom is 0.231 e. The molecule has 0 aliphatic heterocycles. The average molecular weight is 276 g/mol. The zero-order valence-electron chi connectivity index (χ0n) is 11.9. The Labute approximate surface area is 120 Å². The monoisotopic (exact) mass is 276 g/mol. The summed E-state index contributed by atoms with van der Waals surface area (Å²) in [5, 5.41) is 11.9. The van der Waals surface area contributed by atoms with Gasteiger partial charge < -0.3 is 16.2 Å². The van der Waals surface area contributed by atoms with Gasteiger partial charge in [-0.05, 0) is 43.4 Å². The summed E-state index contributed by atoms with van der Waals surface area (Å²) in [4.78, 5) is 12.5. The normalized spacial score (nSPS) is 17.1. The zero-order valence-corrected chi connectivity index (χ0v) is 11.9. The number of benzene rings is 1. The molecule has 0 bridgehead atoms. The van der Waals surface area contributed by atoms with Crippen molar-refractivity contribution in [3.05, 3.63) is 29.8 Å². The predicted molar refractivity (Wildman–Crippen MR) is 80.4 cm³/mol. The van der Waals surface area contributed by atoms with E-state index in [1.165, 1.54) is 0 Å². The number of aryl methyl sites for hydroxylation is 1. The summed E-state index contributed by atoms with van der Waals surface area (Å²) in [6, 6.07) is 7.83. The van der Waals surface area contributed by atoms with Crippen LogP contribution < -0.4 is 11.1 Å². The van der Waals surface area contributed by atoms with Crippen molar-refractivity contribution in [2.24, 2.45) is 11.1 Å². The van der Waals surface area contributed by atoms with E-state index >= 15 is 0 Å². The van der Waals surface area contributed by atoms with Crippen LogP contribution in [0, 0.1) is 5.41 Å². The molecule has 1 saturated carbocycles. The van der Waals surface area contributed by atoms with Crippen LogP contribution in [0.25, 0.3) is 0 Å². The van der Waals surface area contributed by atoms with Crippen molar-refractivity contribution < 1.29 is 9.90 Å². The first-order valence-electron chi connectivity index (χ1n) is 7.41. The van der Waals surface area contributed by atoms with Gasteiger partial charge in [0.1, 0.15) is 0 Å². The fraction of sp³-hybridized carbons (Fsp3) is 0.562. The number of carbonyl (C=O) groups excluding carboxylic acids is 1. The molecule has 20 heavy (non-hydrogen) atoms. The molecule has 110 valence electrons. The minimum Gasteiger partial charge on any atom is -0.396 e. The third-order valence-corrected chi connectivity index (χ3v) is 4.24. The summed E-state index contributed by atoms with van der Waals surface area (Å²) in [7, 11) is 0. The van der Waals surface area contributed by atoms with Crippen LogP contribution in [0.4, 0.5) is 5.69 Å². The molecule has 0 heterocycles. The van der Waals surface area contributed by atoms with Gasteiger partial charge in [-0.3, -0.25) is 4.79 Å². The van der Waals surface area contributed by atoms with Gasteiger partial charge in [0.15, 0.2) is 0 Å². The lowest BCUT2D eigenvalue weighted by Crippen LogP contribution is -2.40. The number of amides is 1. The highest BCUT2D eigenvalue weighted by atomic mass is 16.2. The second-order valence-corrected chi connectivity index (χ2v) is 5.67. The molecule has 0 saturated heterocycles. The van der Waals surface area contributed by atoms with E-state index in [0.29, 0.717) is 6.54 Å². The predicted octanol–water partition coefficient (Wildman–Crippen LogP) is 2.07. The van der Waals surface area contributed by atoms with E-state index in [1.54, 1.807) is 0 Å². The molecule has 4 heteroatoms. The molecule has 1 aliphatic carbocycles. The van der Waals surface area contributed by atoms with Crippen LogP contribution in [-0.2, 0) is 11.2 Å². The average Bonchev–Trinajstić information content (AvgIpc) is 2.95. The molecule has 0 radical (unpaired) electrons. The largest absolute Gasteiger partial charge is 0.396 e. The van der Waals surface area contributed by atoms with Crippen LogP contribution in [0.2, 0.25) is 0 Å². The van der Waals surface area contributed by atoms with Gasteiger partial charge in [0.25, 0.3) is 0 Å². The minimum atomic E-state index is -0.374. The van der Waals surface area contributed by atoms with Crippen LogP contribution in [0.3, 0.4) is 0 Å². The lowest BCUT2D eigenvalue weighted by Gasteiger charge is -2.25. The number of aliphatic hydroxyl groups is 1.